The maximum atomic E-state index is 14.2. The molecule has 166 valence electrons. The topological polar surface area (TPSA) is 62.5 Å². The van der Waals surface area contributed by atoms with Crippen LogP contribution in [0.2, 0.25) is 5.02 Å². The lowest BCUT2D eigenvalue weighted by atomic mass is 9.56. The second-order valence-electron chi connectivity index (χ2n) is 9.73. The van der Waals surface area contributed by atoms with Gasteiger partial charge in [-0.25, -0.2) is 4.39 Å². The predicted molar refractivity (Wildman–Crippen MR) is 121 cm³/mol. The molecule has 0 unspecified atom stereocenters. The summed E-state index contributed by atoms with van der Waals surface area (Å²) in [5.74, 6) is 0.594. The minimum absolute atomic E-state index is 0.196. The van der Waals surface area contributed by atoms with Crippen LogP contribution in [0.4, 0.5) is 10.1 Å². The lowest BCUT2D eigenvalue weighted by Crippen LogP contribution is -2.63. The van der Waals surface area contributed by atoms with E-state index in [0.29, 0.717) is 40.7 Å². The van der Waals surface area contributed by atoms with Crippen LogP contribution in [-0.2, 0) is 12.8 Å². The molecule has 1 aliphatic heterocycles. The molecule has 6 rings (SSSR count). The van der Waals surface area contributed by atoms with E-state index in [1.54, 1.807) is 10.5 Å². The molecule has 8 heteroatoms. The number of nitrogens with zero attached hydrogens (tertiary/aromatic N) is 4. The Kier molecular flexibility index (Phi) is 4.73. The van der Waals surface area contributed by atoms with Gasteiger partial charge < -0.3 is 10.2 Å². The standard InChI is InChI=1S/C24H25ClFN5O/c25-18-3-1-16(17-2-4-21(32)23(17)18)7-15-9-24(10-15)12-30(13-24)6-5-27-20-8-22-29-28-14-31(22)11-19(20)26/h1,3,8,11,14-15,27H,2,4-7,9-10,12-13H2. The average Bonchev–Trinajstić information content (AvgIpc) is 3.32. The smallest absolute Gasteiger partial charge is 0.164 e. The minimum atomic E-state index is -0.297. The molecule has 0 atom stereocenters. The highest BCUT2D eigenvalue weighted by Crippen LogP contribution is 2.53. The number of carbonyl (C=O) groups is 1. The summed E-state index contributed by atoms with van der Waals surface area (Å²) in [5, 5.41) is 11.6. The van der Waals surface area contributed by atoms with Crippen LogP contribution < -0.4 is 5.32 Å². The number of Topliss-reactive ketones (excluding diaryl/α,β-unsaturated/α-hetero) is 1. The number of aromatic nitrogens is 3. The second kappa shape index (κ2) is 7.52. The number of carbonyl (C=O) groups excluding carboxylic acids is 1. The first-order chi connectivity index (χ1) is 15.5. The van der Waals surface area contributed by atoms with Gasteiger partial charge in [0, 0.05) is 50.4 Å². The Hall–Kier alpha value is -2.51. The molecule has 0 radical (unpaired) electrons. The third-order valence-electron chi connectivity index (χ3n) is 7.44. The fourth-order valence-corrected chi connectivity index (χ4v) is 6.35. The summed E-state index contributed by atoms with van der Waals surface area (Å²) in [7, 11) is 0. The van der Waals surface area contributed by atoms with Gasteiger partial charge in [0.2, 0.25) is 0 Å². The van der Waals surface area contributed by atoms with Gasteiger partial charge in [0.15, 0.2) is 17.2 Å². The van der Waals surface area contributed by atoms with Crippen molar-refractivity contribution in [2.45, 2.75) is 32.1 Å². The maximum Gasteiger partial charge on any atom is 0.164 e. The molecule has 3 aliphatic rings. The van der Waals surface area contributed by atoms with Gasteiger partial charge in [0.25, 0.3) is 0 Å². The van der Waals surface area contributed by atoms with Crippen molar-refractivity contribution < 1.29 is 9.18 Å². The monoisotopic (exact) mass is 453 g/mol. The lowest BCUT2D eigenvalue weighted by molar-refractivity contribution is -0.0916. The van der Waals surface area contributed by atoms with E-state index >= 15 is 0 Å². The van der Waals surface area contributed by atoms with E-state index in [9.17, 15) is 9.18 Å². The number of ketones is 1. The normalized spacial score (nSPS) is 19.9. The third-order valence-corrected chi connectivity index (χ3v) is 7.75. The number of fused-ring (bicyclic) bond motifs is 2. The highest BCUT2D eigenvalue weighted by atomic mass is 35.5. The van der Waals surface area contributed by atoms with Crippen molar-refractivity contribution in [1.29, 1.82) is 0 Å². The van der Waals surface area contributed by atoms with E-state index in [1.807, 2.05) is 6.07 Å². The molecule has 2 fully saturated rings. The van der Waals surface area contributed by atoms with Crippen molar-refractivity contribution in [3.63, 3.8) is 0 Å². The van der Waals surface area contributed by atoms with Crippen molar-refractivity contribution in [2.75, 3.05) is 31.5 Å². The molecule has 1 N–H and O–H groups in total. The number of benzene rings is 1. The van der Waals surface area contributed by atoms with Crippen molar-refractivity contribution in [3.05, 3.63) is 58.3 Å². The summed E-state index contributed by atoms with van der Waals surface area (Å²) in [6.45, 7) is 3.84. The number of pyridine rings is 1. The van der Waals surface area contributed by atoms with Gasteiger partial charge >= 0.3 is 0 Å². The first-order valence-electron chi connectivity index (χ1n) is 11.3. The Labute approximate surface area is 190 Å². The van der Waals surface area contributed by atoms with Crippen molar-refractivity contribution in [3.8, 4) is 0 Å². The summed E-state index contributed by atoms with van der Waals surface area (Å²) in [6.07, 6.45) is 7.89. The number of likely N-dealkylation sites (tertiary alicyclic amines) is 1. The zero-order valence-electron chi connectivity index (χ0n) is 17.8. The van der Waals surface area contributed by atoms with Crippen LogP contribution in [0.25, 0.3) is 5.65 Å². The molecule has 3 heterocycles. The summed E-state index contributed by atoms with van der Waals surface area (Å²) in [5.41, 5.74) is 4.86. The Morgan fingerprint density at radius 1 is 1.25 bits per heavy atom. The number of nitrogens with one attached hydrogen (secondary N) is 1. The lowest BCUT2D eigenvalue weighted by Gasteiger charge is -2.59. The number of rotatable bonds is 6. The van der Waals surface area contributed by atoms with Gasteiger partial charge in [-0.3, -0.25) is 9.20 Å². The fourth-order valence-electron chi connectivity index (χ4n) is 6.07. The molecule has 1 spiro atoms. The predicted octanol–water partition coefficient (Wildman–Crippen LogP) is 4.02. The molecular formula is C24H25ClFN5O. The third kappa shape index (κ3) is 3.39. The molecule has 0 bridgehead atoms. The second-order valence-corrected chi connectivity index (χ2v) is 10.1. The van der Waals surface area contributed by atoms with Gasteiger partial charge in [-0.1, -0.05) is 17.7 Å². The van der Waals surface area contributed by atoms with Gasteiger partial charge in [-0.15, -0.1) is 10.2 Å². The Morgan fingerprint density at radius 2 is 2.09 bits per heavy atom. The minimum Gasteiger partial charge on any atom is -0.381 e. The van der Waals surface area contributed by atoms with Crippen LogP contribution in [0.15, 0.2) is 30.7 Å². The quantitative estimate of drug-likeness (QED) is 0.610. The van der Waals surface area contributed by atoms with Crippen LogP contribution >= 0.6 is 11.6 Å². The zero-order valence-corrected chi connectivity index (χ0v) is 18.5. The molecule has 1 saturated heterocycles. The van der Waals surface area contributed by atoms with Crippen molar-refractivity contribution in [2.24, 2.45) is 11.3 Å². The van der Waals surface area contributed by atoms with Gasteiger partial charge in [0.1, 0.15) is 6.33 Å². The molecule has 32 heavy (non-hydrogen) atoms. The largest absolute Gasteiger partial charge is 0.381 e. The van der Waals surface area contributed by atoms with E-state index < -0.39 is 0 Å². The highest BCUT2D eigenvalue weighted by Gasteiger charge is 2.51. The first-order valence-corrected chi connectivity index (χ1v) is 11.7. The molecular weight excluding hydrogens is 429 g/mol. The summed E-state index contributed by atoms with van der Waals surface area (Å²) in [4.78, 5) is 14.6. The van der Waals surface area contributed by atoms with Crippen molar-refractivity contribution in [1.82, 2.24) is 19.5 Å². The van der Waals surface area contributed by atoms with Gasteiger partial charge in [0.05, 0.1) is 10.7 Å². The van der Waals surface area contributed by atoms with Crippen LogP contribution in [0.1, 0.15) is 40.7 Å². The Bertz CT molecular complexity index is 1210. The maximum absolute atomic E-state index is 14.2. The molecule has 1 saturated carbocycles. The van der Waals surface area contributed by atoms with E-state index in [-0.39, 0.29) is 11.6 Å². The average molecular weight is 454 g/mol. The van der Waals surface area contributed by atoms with Gasteiger partial charge in [-0.2, -0.15) is 0 Å². The number of hydrogen-bond donors (Lipinski definition) is 1. The molecule has 1 aromatic carbocycles. The van der Waals surface area contributed by atoms with E-state index in [1.165, 1.54) is 36.5 Å². The number of halogens is 2. The molecule has 2 aliphatic carbocycles. The van der Waals surface area contributed by atoms with Gasteiger partial charge in [-0.05, 0) is 54.2 Å². The molecule has 6 nitrogen and oxygen atoms in total. The Morgan fingerprint density at radius 3 is 2.94 bits per heavy atom. The summed E-state index contributed by atoms with van der Waals surface area (Å²) in [6, 6.07) is 5.71. The van der Waals surface area contributed by atoms with Crippen LogP contribution in [0.3, 0.4) is 0 Å². The summed E-state index contributed by atoms with van der Waals surface area (Å²) >= 11 is 6.26. The van der Waals surface area contributed by atoms with E-state index in [4.69, 9.17) is 11.6 Å². The van der Waals surface area contributed by atoms with Crippen molar-refractivity contribution >= 4 is 28.7 Å². The highest BCUT2D eigenvalue weighted by molar-refractivity contribution is 6.34. The molecule has 0 amide bonds. The zero-order chi connectivity index (χ0) is 21.9. The Balaban J connectivity index is 0.980. The van der Waals surface area contributed by atoms with Crippen LogP contribution in [0.5, 0.6) is 0 Å². The summed E-state index contributed by atoms with van der Waals surface area (Å²) < 4.78 is 15.7. The van der Waals surface area contributed by atoms with E-state index in [0.717, 1.165) is 38.0 Å². The molecule has 2 aromatic heterocycles. The first kappa shape index (κ1) is 20.1. The fraction of sp³-hybridized carbons (Fsp3) is 0.458. The van der Waals surface area contributed by atoms with Crippen LogP contribution in [0, 0.1) is 17.2 Å². The van der Waals surface area contributed by atoms with E-state index in [2.05, 4.69) is 26.5 Å². The number of hydrogen-bond acceptors (Lipinski definition) is 5. The van der Waals surface area contributed by atoms with Crippen LogP contribution in [-0.4, -0.2) is 51.5 Å². The molecule has 3 aromatic rings. The number of anilines is 1. The SMILES string of the molecule is O=C1CCc2c(CC3CC4(C3)CN(CCNc3cc5nncn5cc3F)C4)ccc(Cl)c21.